The van der Waals surface area contributed by atoms with Crippen LogP contribution in [0, 0.1) is 0 Å². The predicted octanol–water partition coefficient (Wildman–Crippen LogP) is 2.11. The lowest BCUT2D eigenvalue weighted by Crippen LogP contribution is -2.32. The lowest BCUT2D eigenvalue weighted by Gasteiger charge is -2.06. The van der Waals surface area contributed by atoms with Gasteiger partial charge in [-0.15, -0.1) is 0 Å². The summed E-state index contributed by atoms with van der Waals surface area (Å²) in [6.07, 6.45) is 0. The molecule has 100 valence electrons. The van der Waals surface area contributed by atoms with Gasteiger partial charge in [0.1, 0.15) is 5.75 Å². The van der Waals surface area contributed by atoms with Crippen LogP contribution in [0.5, 0.6) is 5.75 Å². The maximum atomic E-state index is 12.8. The Hall–Kier alpha value is -2.50. The molecule has 2 aromatic carbocycles. The van der Waals surface area contributed by atoms with Gasteiger partial charge in [-0.3, -0.25) is 13.4 Å². The number of hydrogen-bond donors (Lipinski definition) is 0. The van der Waals surface area contributed by atoms with Crippen LogP contribution in [0.3, 0.4) is 0 Å². The zero-order valence-corrected chi connectivity index (χ0v) is 10.3. The summed E-state index contributed by atoms with van der Waals surface area (Å²) in [7, 11) is -2.83. The van der Waals surface area contributed by atoms with Crippen LogP contribution in [-0.2, 0) is 4.79 Å². The number of benzene rings is 2. The standard InChI is InChI=1S/C14H9BF2O3/c16-15(17)12-9-5-4-8-11(12)13(18)14(19)20-10-6-2-1-3-7-10/h1-9H. The van der Waals surface area contributed by atoms with Gasteiger partial charge in [0.2, 0.25) is 0 Å². The molecule has 0 atom stereocenters. The third-order valence-electron chi connectivity index (χ3n) is 2.58. The Morgan fingerprint density at radius 3 is 2.15 bits per heavy atom. The zero-order chi connectivity index (χ0) is 14.5. The van der Waals surface area contributed by atoms with Gasteiger partial charge >= 0.3 is 13.2 Å². The number of halogens is 2. The molecule has 0 N–H and O–H groups in total. The van der Waals surface area contributed by atoms with Gasteiger partial charge in [0, 0.05) is 11.0 Å². The molecule has 0 radical (unpaired) electrons. The number of carbonyl (C=O) groups excluding carboxylic acids is 2. The molecule has 0 aromatic heterocycles. The van der Waals surface area contributed by atoms with Crippen molar-refractivity contribution in [3.05, 3.63) is 60.2 Å². The first-order chi connectivity index (χ1) is 9.59. The number of Topliss-reactive ketones (excluding diaryl/α,β-unsaturated/α-hetero) is 1. The number of para-hydroxylation sites is 1. The number of ketones is 1. The van der Waals surface area contributed by atoms with Crippen LogP contribution in [0.15, 0.2) is 54.6 Å². The fourth-order valence-corrected chi connectivity index (χ4v) is 1.65. The van der Waals surface area contributed by atoms with Gasteiger partial charge < -0.3 is 4.74 Å². The first-order valence-electron chi connectivity index (χ1n) is 5.78. The molecule has 0 saturated heterocycles. The second-order valence-electron chi connectivity index (χ2n) is 3.92. The molecule has 2 rings (SSSR count). The first-order valence-corrected chi connectivity index (χ1v) is 5.78. The van der Waals surface area contributed by atoms with Gasteiger partial charge in [0.15, 0.2) is 0 Å². The van der Waals surface area contributed by atoms with E-state index in [4.69, 9.17) is 4.74 Å². The fraction of sp³-hybridized carbons (Fsp3) is 0. The number of ether oxygens (including phenoxy) is 1. The van der Waals surface area contributed by atoms with Crippen molar-refractivity contribution in [2.45, 2.75) is 0 Å². The molecule has 0 spiro atoms. The summed E-state index contributed by atoms with van der Waals surface area (Å²) in [5.41, 5.74) is -0.828. The Bertz CT molecular complexity index is 629. The van der Waals surface area contributed by atoms with Crippen LogP contribution in [0.1, 0.15) is 10.4 Å². The van der Waals surface area contributed by atoms with Crippen molar-refractivity contribution in [3.8, 4) is 5.75 Å². The van der Waals surface area contributed by atoms with E-state index in [9.17, 15) is 18.2 Å². The van der Waals surface area contributed by atoms with Gasteiger partial charge in [0.25, 0.3) is 5.78 Å². The van der Waals surface area contributed by atoms with Gasteiger partial charge in [-0.25, -0.2) is 4.79 Å². The molecule has 3 nitrogen and oxygen atoms in total. The summed E-state index contributed by atoms with van der Waals surface area (Å²) >= 11 is 0. The smallest absolute Gasteiger partial charge is 0.421 e. The van der Waals surface area contributed by atoms with Gasteiger partial charge in [0.05, 0.1) is 0 Å². The molecule has 0 bridgehead atoms. The Balaban J connectivity index is 2.21. The molecule has 0 fully saturated rings. The molecular weight excluding hydrogens is 265 g/mol. The number of carbonyl (C=O) groups is 2. The van der Waals surface area contributed by atoms with E-state index in [1.807, 2.05) is 0 Å². The number of rotatable bonds is 4. The van der Waals surface area contributed by atoms with Crippen molar-refractivity contribution in [2.75, 3.05) is 0 Å². The SMILES string of the molecule is O=C(Oc1ccccc1)C(=O)c1ccccc1B(F)F. The lowest BCUT2D eigenvalue weighted by molar-refractivity contribution is -0.129. The molecule has 0 heterocycles. The summed E-state index contributed by atoms with van der Waals surface area (Å²) in [4.78, 5) is 23.5. The van der Waals surface area contributed by atoms with Crippen molar-refractivity contribution in [1.82, 2.24) is 0 Å². The Kier molecular flexibility index (Phi) is 4.25. The topological polar surface area (TPSA) is 43.4 Å². The molecule has 2 aromatic rings. The third kappa shape index (κ3) is 3.09. The fourth-order valence-electron chi connectivity index (χ4n) is 1.65. The lowest BCUT2D eigenvalue weighted by atomic mass is 9.81. The quantitative estimate of drug-likeness (QED) is 0.282. The monoisotopic (exact) mass is 274 g/mol. The molecule has 0 aliphatic carbocycles. The summed E-state index contributed by atoms with van der Waals surface area (Å²) in [5.74, 6) is -2.10. The van der Waals surface area contributed by atoms with Crippen LogP contribution in [0.25, 0.3) is 0 Å². The average Bonchev–Trinajstić information content (AvgIpc) is 2.47. The van der Waals surface area contributed by atoms with Gasteiger partial charge in [-0.05, 0) is 12.1 Å². The van der Waals surface area contributed by atoms with Crippen molar-refractivity contribution >= 4 is 24.5 Å². The molecule has 20 heavy (non-hydrogen) atoms. The minimum absolute atomic E-state index is 0.181. The van der Waals surface area contributed by atoms with E-state index in [1.54, 1.807) is 18.2 Å². The molecule has 0 aliphatic rings. The molecule has 0 unspecified atom stereocenters. The van der Waals surface area contributed by atoms with E-state index in [1.165, 1.54) is 30.3 Å². The Morgan fingerprint density at radius 2 is 1.50 bits per heavy atom. The molecule has 6 heteroatoms. The van der Waals surface area contributed by atoms with Crippen LogP contribution < -0.4 is 10.2 Å². The Labute approximate surface area is 114 Å². The van der Waals surface area contributed by atoms with E-state index in [0.717, 1.165) is 6.07 Å². The van der Waals surface area contributed by atoms with Crippen LogP contribution in [-0.4, -0.2) is 19.0 Å². The van der Waals surface area contributed by atoms with Gasteiger partial charge in [-0.2, -0.15) is 0 Å². The van der Waals surface area contributed by atoms with E-state index < -0.39 is 24.5 Å². The van der Waals surface area contributed by atoms with Crippen LogP contribution in [0.2, 0.25) is 0 Å². The normalized spacial score (nSPS) is 9.90. The molecule has 0 amide bonds. The van der Waals surface area contributed by atoms with Crippen molar-refractivity contribution < 1.29 is 23.0 Å². The zero-order valence-electron chi connectivity index (χ0n) is 10.3. The highest BCUT2D eigenvalue weighted by molar-refractivity contribution is 6.63. The molecular formula is C14H9BF2O3. The second kappa shape index (κ2) is 6.10. The van der Waals surface area contributed by atoms with E-state index >= 15 is 0 Å². The highest BCUT2D eigenvalue weighted by Gasteiger charge is 2.27. The maximum Gasteiger partial charge on any atom is 0.572 e. The second-order valence-corrected chi connectivity index (χ2v) is 3.92. The van der Waals surface area contributed by atoms with Crippen molar-refractivity contribution in [1.29, 1.82) is 0 Å². The molecule has 0 aliphatic heterocycles. The van der Waals surface area contributed by atoms with Gasteiger partial charge in [-0.1, -0.05) is 42.5 Å². The first kappa shape index (κ1) is 13.9. The Morgan fingerprint density at radius 1 is 0.900 bits per heavy atom. The molecule has 0 saturated carbocycles. The minimum Gasteiger partial charge on any atom is -0.421 e. The number of hydrogen-bond acceptors (Lipinski definition) is 3. The average molecular weight is 274 g/mol. The van der Waals surface area contributed by atoms with E-state index in [0.29, 0.717) is 0 Å². The van der Waals surface area contributed by atoms with E-state index in [2.05, 4.69) is 0 Å². The third-order valence-corrected chi connectivity index (χ3v) is 2.58. The van der Waals surface area contributed by atoms with Crippen LogP contribution >= 0.6 is 0 Å². The maximum absolute atomic E-state index is 12.8. The minimum atomic E-state index is -2.83. The summed E-state index contributed by atoms with van der Waals surface area (Å²) < 4.78 is 30.4. The van der Waals surface area contributed by atoms with E-state index in [-0.39, 0.29) is 11.3 Å². The summed E-state index contributed by atoms with van der Waals surface area (Å²) in [6, 6.07) is 13.0. The predicted molar refractivity (Wildman–Crippen MR) is 70.5 cm³/mol. The van der Waals surface area contributed by atoms with Crippen LogP contribution in [0.4, 0.5) is 8.63 Å². The summed E-state index contributed by atoms with van der Waals surface area (Å²) in [6.45, 7) is 0. The van der Waals surface area contributed by atoms with Crippen molar-refractivity contribution in [3.63, 3.8) is 0 Å². The largest absolute Gasteiger partial charge is 0.572 e. The highest BCUT2D eigenvalue weighted by atomic mass is 19.2. The van der Waals surface area contributed by atoms with Crippen molar-refractivity contribution in [2.24, 2.45) is 0 Å². The summed E-state index contributed by atoms with van der Waals surface area (Å²) in [5, 5.41) is 0. The highest BCUT2D eigenvalue weighted by Crippen LogP contribution is 2.10. The number of esters is 1.